The van der Waals surface area contributed by atoms with Crippen LogP contribution in [0, 0.1) is 6.92 Å². The van der Waals surface area contributed by atoms with Crippen molar-refractivity contribution in [2.75, 3.05) is 0 Å². The quantitative estimate of drug-likeness (QED) is 0.643. The second-order valence-corrected chi connectivity index (χ2v) is 5.27. The van der Waals surface area contributed by atoms with Crippen molar-refractivity contribution in [1.82, 2.24) is 25.1 Å². The highest BCUT2D eigenvalue weighted by molar-refractivity contribution is 6.10. The van der Waals surface area contributed by atoms with Crippen LogP contribution in [0.2, 0.25) is 0 Å². The normalized spacial score (nSPS) is 15.2. The first-order valence-electron chi connectivity index (χ1n) is 7.12. The molecule has 2 aromatic rings. The van der Waals surface area contributed by atoms with E-state index in [1.54, 1.807) is 12.1 Å². The summed E-state index contributed by atoms with van der Waals surface area (Å²) in [5, 5.41) is 20.4. The topological polar surface area (TPSA) is 118 Å². The lowest BCUT2D eigenvalue weighted by Gasteiger charge is -2.15. The van der Waals surface area contributed by atoms with E-state index in [2.05, 4.69) is 15.5 Å². The van der Waals surface area contributed by atoms with Crippen molar-refractivity contribution < 1.29 is 19.5 Å². The molecule has 2 heterocycles. The molecule has 1 N–H and O–H groups in total. The number of carbonyl (C=O) groups excluding carboxylic acids is 2. The van der Waals surface area contributed by atoms with Crippen molar-refractivity contribution >= 4 is 23.9 Å². The molecule has 0 bridgehead atoms. The van der Waals surface area contributed by atoms with Gasteiger partial charge in [-0.05, 0) is 35.6 Å². The lowest BCUT2D eigenvalue weighted by atomic mass is 10.1. The molecule has 3 rings (SSSR count). The van der Waals surface area contributed by atoms with Crippen molar-refractivity contribution in [3.8, 4) is 5.69 Å². The van der Waals surface area contributed by atoms with E-state index in [4.69, 9.17) is 0 Å². The molecule has 1 aromatic carbocycles. The molecule has 1 aromatic heterocycles. The molecule has 1 saturated heterocycles. The number of imide groups is 1. The standard InChI is InChI=1S/C15H13N5O4/c1-9-2-3-11(19-8-16-17-18-19)10(6-9)7-12(15(23)24)20-13(21)4-5-14(20)22/h2-3,6-8H,4-5H2,1H3,(H,23,24). The van der Waals surface area contributed by atoms with E-state index in [0.717, 1.165) is 5.56 Å². The summed E-state index contributed by atoms with van der Waals surface area (Å²) >= 11 is 0. The Morgan fingerprint density at radius 3 is 2.54 bits per heavy atom. The molecule has 0 saturated carbocycles. The van der Waals surface area contributed by atoms with Gasteiger partial charge in [-0.2, -0.15) is 4.68 Å². The monoisotopic (exact) mass is 327 g/mol. The molecule has 0 aliphatic carbocycles. The maximum Gasteiger partial charge on any atom is 0.353 e. The highest BCUT2D eigenvalue weighted by atomic mass is 16.4. The minimum atomic E-state index is -1.36. The summed E-state index contributed by atoms with van der Waals surface area (Å²) in [6.07, 6.45) is 2.68. The molecule has 1 aliphatic rings. The van der Waals surface area contributed by atoms with E-state index in [0.29, 0.717) is 16.2 Å². The Morgan fingerprint density at radius 2 is 1.96 bits per heavy atom. The number of aliphatic carboxylic acids is 1. The molecule has 1 fully saturated rings. The van der Waals surface area contributed by atoms with Gasteiger partial charge in [0.1, 0.15) is 12.0 Å². The largest absolute Gasteiger partial charge is 0.477 e. The average Bonchev–Trinajstić information content (AvgIpc) is 3.16. The van der Waals surface area contributed by atoms with Crippen molar-refractivity contribution in [1.29, 1.82) is 0 Å². The van der Waals surface area contributed by atoms with E-state index >= 15 is 0 Å². The number of hydrogen-bond donors (Lipinski definition) is 1. The Morgan fingerprint density at radius 1 is 1.25 bits per heavy atom. The van der Waals surface area contributed by atoms with Crippen LogP contribution in [-0.2, 0) is 14.4 Å². The number of carboxylic acids is 1. The number of aryl methyl sites for hydroxylation is 1. The maximum atomic E-state index is 11.9. The number of carboxylic acid groups (broad SMARTS) is 1. The van der Waals surface area contributed by atoms with Gasteiger partial charge in [-0.25, -0.2) is 9.69 Å². The Labute approximate surface area is 136 Å². The van der Waals surface area contributed by atoms with Crippen LogP contribution in [0.1, 0.15) is 24.0 Å². The maximum absolute atomic E-state index is 11.9. The number of aromatic nitrogens is 4. The third-order valence-corrected chi connectivity index (χ3v) is 3.58. The molecular weight excluding hydrogens is 314 g/mol. The zero-order valence-electron chi connectivity index (χ0n) is 12.7. The average molecular weight is 327 g/mol. The van der Waals surface area contributed by atoms with Crippen LogP contribution in [0.15, 0.2) is 30.2 Å². The zero-order chi connectivity index (χ0) is 17.3. The molecular formula is C15H13N5O4. The summed E-state index contributed by atoms with van der Waals surface area (Å²) in [5.74, 6) is -2.40. The SMILES string of the molecule is Cc1ccc(-n2cnnn2)c(C=C(C(=O)O)N2C(=O)CCC2=O)c1. The molecule has 122 valence electrons. The Kier molecular flexibility index (Phi) is 3.90. The number of benzene rings is 1. The number of carbonyl (C=O) groups is 3. The fourth-order valence-corrected chi connectivity index (χ4v) is 2.48. The fourth-order valence-electron chi connectivity index (χ4n) is 2.48. The van der Waals surface area contributed by atoms with Gasteiger partial charge in [-0.15, -0.1) is 5.10 Å². The Bertz CT molecular complexity index is 841. The van der Waals surface area contributed by atoms with Crippen molar-refractivity contribution in [2.45, 2.75) is 19.8 Å². The van der Waals surface area contributed by atoms with Crippen LogP contribution < -0.4 is 0 Å². The van der Waals surface area contributed by atoms with E-state index in [1.807, 2.05) is 13.0 Å². The van der Waals surface area contributed by atoms with Crippen molar-refractivity contribution in [2.24, 2.45) is 0 Å². The van der Waals surface area contributed by atoms with E-state index in [-0.39, 0.29) is 18.5 Å². The molecule has 9 nitrogen and oxygen atoms in total. The fraction of sp³-hybridized carbons (Fsp3) is 0.200. The zero-order valence-corrected chi connectivity index (χ0v) is 12.7. The van der Waals surface area contributed by atoms with Gasteiger partial charge in [-0.1, -0.05) is 11.6 Å². The van der Waals surface area contributed by atoms with Crippen LogP contribution in [0.4, 0.5) is 0 Å². The lowest BCUT2D eigenvalue weighted by Crippen LogP contribution is -2.32. The number of nitrogens with zero attached hydrogens (tertiary/aromatic N) is 5. The molecule has 24 heavy (non-hydrogen) atoms. The van der Waals surface area contributed by atoms with E-state index in [1.165, 1.54) is 17.1 Å². The van der Waals surface area contributed by atoms with Crippen LogP contribution in [0.3, 0.4) is 0 Å². The molecule has 0 unspecified atom stereocenters. The number of likely N-dealkylation sites (tertiary alicyclic amines) is 1. The molecule has 2 amide bonds. The third-order valence-electron chi connectivity index (χ3n) is 3.58. The van der Waals surface area contributed by atoms with Gasteiger partial charge in [0.25, 0.3) is 0 Å². The highest BCUT2D eigenvalue weighted by Crippen LogP contribution is 2.24. The highest BCUT2D eigenvalue weighted by Gasteiger charge is 2.35. The first-order valence-corrected chi connectivity index (χ1v) is 7.12. The number of hydrogen-bond acceptors (Lipinski definition) is 6. The predicted molar refractivity (Wildman–Crippen MR) is 80.6 cm³/mol. The van der Waals surface area contributed by atoms with Gasteiger partial charge < -0.3 is 5.11 Å². The van der Waals surface area contributed by atoms with E-state index in [9.17, 15) is 19.5 Å². The predicted octanol–water partition coefficient (Wildman–Crippen LogP) is 0.545. The first kappa shape index (κ1) is 15.5. The van der Waals surface area contributed by atoms with E-state index < -0.39 is 17.8 Å². The number of amides is 2. The minimum Gasteiger partial charge on any atom is -0.477 e. The molecule has 0 spiro atoms. The second kappa shape index (κ2) is 6.03. The summed E-state index contributed by atoms with van der Waals surface area (Å²) in [4.78, 5) is 36.0. The summed E-state index contributed by atoms with van der Waals surface area (Å²) < 4.78 is 1.37. The van der Waals surface area contributed by atoms with Crippen LogP contribution in [0.25, 0.3) is 11.8 Å². The molecule has 9 heteroatoms. The molecule has 1 aliphatic heterocycles. The third kappa shape index (κ3) is 2.78. The summed E-state index contributed by atoms with van der Waals surface area (Å²) in [5.41, 5.74) is 1.50. The first-order chi connectivity index (χ1) is 11.5. The van der Waals surface area contributed by atoms with Crippen LogP contribution >= 0.6 is 0 Å². The smallest absolute Gasteiger partial charge is 0.353 e. The van der Waals surface area contributed by atoms with Crippen LogP contribution in [0.5, 0.6) is 0 Å². The van der Waals surface area contributed by atoms with Gasteiger partial charge in [0.2, 0.25) is 11.8 Å². The van der Waals surface area contributed by atoms with Gasteiger partial charge in [0.05, 0.1) is 5.69 Å². The molecule has 0 atom stereocenters. The van der Waals surface area contributed by atoms with Gasteiger partial charge in [0.15, 0.2) is 0 Å². The molecule has 0 radical (unpaired) electrons. The number of tetrazole rings is 1. The van der Waals surface area contributed by atoms with Crippen molar-refractivity contribution in [3.05, 3.63) is 41.4 Å². The summed E-state index contributed by atoms with van der Waals surface area (Å²) in [6.45, 7) is 1.84. The minimum absolute atomic E-state index is 0.0110. The van der Waals surface area contributed by atoms with Gasteiger partial charge in [-0.3, -0.25) is 9.59 Å². The number of rotatable bonds is 4. The Hall–Kier alpha value is -3.36. The summed E-state index contributed by atoms with van der Waals surface area (Å²) in [7, 11) is 0. The van der Waals surface area contributed by atoms with Crippen LogP contribution in [-0.4, -0.2) is 48.0 Å². The second-order valence-electron chi connectivity index (χ2n) is 5.27. The lowest BCUT2D eigenvalue weighted by molar-refractivity contribution is -0.143. The summed E-state index contributed by atoms with van der Waals surface area (Å²) in [6, 6.07) is 5.27. The van der Waals surface area contributed by atoms with Gasteiger partial charge in [0, 0.05) is 18.4 Å². The van der Waals surface area contributed by atoms with Gasteiger partial charge >= 0.3 is 5.97 Å². The Balaban J connectivity index is 2.14. The van der Waals surface area contributed by atoms with Crippen molar-refractivity contribution in [3.63, 3.8) is 0 Å².